The molecule has 26 heavy (non-hydrogen) atoms. The third-order valence-corrected chi connectivity index (χ3v) is 3.95. The van der Waals surface area contributed by atoms with E-state index >= 15 is 0 Å². The SMILES string of the molecule is COc1ccc(C(=O)O)cc1OCCOc1cc(C)ccc1C(C)(C)C. The van der Waals surface area contributed by atoms with Gasteiger partial charge in [-0.05, 0) is 47.7 Å². The van der Waals surface area contributed by atoms with Gasteiger partial charge in [-0.25, -0.2) is 4.79 Å². The van der Waals surface area contributed by atoms with Crippen LogP contribution in [0, 0.1) is 6.92 Å². The van der Waals surface area contributed by atoms with Crippen LogP contribution < -0.4 is 14.2 Å². The maximum atomic E-state index is 11.1. The molecule has 0 atom stereocenters. The summed E-state index contributed by atoms with van der Waals surface area (Å²) in [5.41, 5.74) is 2.39. The van der Waals surface area contributed by atoms with E-state index in [9.17, 15) is 4.79 Å². The van der Waals surface area contributed by atoms with Gasteiger partial charge in [-0.3, -0.25) is 0 Å². The van der Waals surface area contributed by atoms with Crippen molar-refractivity contribution in [2.75, 3.05) is 20.3 Å². The molecule has 0 heterocycles. The van der Waals surface area contributed by atoms with E-state index in [1.54, 1.807) is 6.07 Å². The number of carboxylic acids is 1. The standard InChI is InChI=1S/C21H26O5/c1-14-6-8-16(21(2,3)4)18(12-14)25-10-11-26-19-13-15(20(22)23)7-9-17(19)24-5/h6-9,12-13H,10-11H2,1-5H3,(H,22,23). The Morgan fingerprint density at radius 1 is 0.962 bits per heavy atom. The Hall–Kier alpha value is -2.69. The molecule has 0 saturated heterocycles. The zero-order valence-electron chi connectivity index (χ0n) is 16.0. The largest absolute Gasteiger partial charge is 0.493 e. The first-order valence-electron chi connectivity index (χ1n) is 8.50. The molecule has 0 fully saturated rings. The summed E-state index contributed by atoms with van der Waals surface area (Å²) in [6, 6.07) is 10.7. The maximum absolute atomic E-state index is 11.1. The molecule has 2 aromatic rings. The first-order chi connectivity index (χ1) is 12.2. The molecule has 0 radical (unpaired) electrons. The summed E-state index contributed by atoms with van der Waals surface area (Å²) in [6.45, 7) is 9.07. The minimum absolute atomic E-state index is 0.0249. The maximum Gasteiger partial charge on any atom is 0.335 e. The predicted octanol–water partition coefficient (Wildman–Crippen LogP) is 4.46. The molecule has 0 bridgehead atoms. The molecule has 5 heteroatoms. The van der Waals surface area contributed by atoms with Crippen LogP contribution in [-0.2, 0) is 5.41 Å². The van der Waals surface area contributed by atoms with Crippen molar-refractivity contribution in [3.05, 3.63) is 53.1 Å². The van der Waals surface area contributed by atoms with E-state index in [0.29, 0.717) is 18.1 Å². The second-order valence-corrected chi connectivity index (χ2v) is 7.12. The quantitative estimate of drug-likeness (QED) is 0.741. The van der Waals surface area contributed by atoms with Gasteiger partial charge in [-0.2, -0.15) is 0 Å². The molecular formula is C21H26O5. The van der Waals surface area contributed by atoms with E-state index in [-0.39, 0.29) is 17.6 Å². The van der Waals surface area contributed by atoms with Gasteiger partial charge in [0.2, 0.25) is 0 Å². The number of ether oxygens (including phenoxy) is 3. The molecule has 2 aromatic carbocycles. The molecule has 0 spiro atoms. The highest BCUT2D eigenvalue weighted by Crippen LogP contribution is 2.32. The molecule has 0 aliphatic rings. The molecule has 0 unspecified atom stereocenters. The van der Waals surface area contributed by atoms with E-state index in [4.69, 9.17) is 19.3 Å². The van der Waals surface area contributed by atoms with Crippen LogP contribution in [0.3, 0.4) is 0 Å². The van der Waals surface area contributed by atoms with Gasteiger partial charge < -0.3 is 19.3 Å². The monoisotopic (exact) mass is 358 g/mol. The number of methoxy groups -OCH3 is 1. The smallest absolute Gasteiger partial charge is 0.335 e. The Bertz CT molecular complexity index is 774. The number of benzene rings is 2. The van der Waals surface area contributed by atoms with E-state index in [2.05, 4.69) is 32.9 Å². The van der Waals surface area contributed by atoms with Crippen molar-refractivity contribution in [1.29, 1.82) is 0 Å². The molecule has 1 N–H and O–H groups in total. The van der Waals surface area contributed by atoms with E-state index in [1.807, 2.05) is 13.0 Å². The number of aromatic carboxylic acids is 1. The molecule has 0 aliphatic heterocycles. The molecular weight excluding hydrogens is 332 g/mol. The molecule has 0 saturated carbocycles. The highest BCUT2D eigenvalue weighted by Gasteiger charge is 2.19. The minimum Gasteiger partial charge on any atom is -0.493 e. The van der Waals surface area contributed by atoms with Crippen LogP contribution in [0.15, 0.2) is 36.4 Å². The fourth-order valence-corrected chi connectivity index (χ4v) is 2.59. The van der Waals surface area contributed by atoms with Crippen molar-refractivity contribution in [1.82, 2.24) is 0 Å². The summed E-state index contributed by atoms with van der Waals surface area (Å²) >= 11 is 0. The second-order valence-electron chi connectivity index (χ2n) is 7.12. The van der Waals surface area contributed by atoms with Crippen LogP contribution in [-0.4, -0.2) is 31.4 Å². The van der Waals surface area contributed by atoms with Crippen molar-refractivity contribution in [3.8, 4) is 17.2 Å². The number of carbonyl (C=O) groups is 1. The van der Waals surface area contributed by atoms with Crippen LogP contribution in [0.2, 0.25) is 0 Å². The Morgan fingerprint density at radius 3 is 2.19 bits per heavy atom. The molecule has 2 rings (SSSR count). The molecule has 0 aliphatic carbocycles. The van der Waals surface area contributed by atoms with E-state index in [1.165, 1.54) is 19.2 Å². The lowest BCUT2D eigenvalue weighted by Crippen LogP contribution is -2.16. The first kappa shape index (κ1) is 19.6. The Balaban J connectivity index is 2.05. The van der Waals surface area contributed by atoms with E-state index in [0.717, 1.165) is 16.9 Å². The van der Waals surface area contributed by atoms with Gasteiger partial charge in [0.05, 0.1) is 12.7 Å². The zero-order chi connectivity index (χ0) is 19.3. The average molecular weight is 358 g/mol. The lowest BCUT2D eigenvalue weighted by molar-refractivity contribution is 0.0696. The fraction of sp³-hybridized carbons (Fsp3) is 0.381. The lowest BCUT2D eigenvalue weighted by atomic mass is 9.86. The summed E-state index contributed by atoms with van der Waals surface area (Å²) in [4.78, 5) is 11.1. The van der Waals surface area contributed by atoms with Gasteiger partial charge in [0.25, 0.3) is 0 Å². The normalized spacial score (nSPS) is 11.1. The number of hydrogen-bond donors (Lipinski definition) is 1. The molecule has 0 amide bonds. The van der Waals surface area contributed by atoms with Crippen molar-refractivity contribution in [2.45, 2.75) is 33.1 Å². The Morgan fingerprint density at radius 2 is 1.62 bits per heavy atom. The Kier molecular flexibility index (Phi) is 6.14. The number of carboxylic acid groups (broad SMARTS) is 1. The lowest BCUT2D eigenvalue weighted by Gasteiger charge is -2.23. The van der Waals surface area contributed by atoms with Gasteiger partial charge in [0.1, 0.15) is 19.0 Å². The summed E-state index contributed by atoms with van der Waals surface area (Å²) in [5, 5.41) is 9.10. The van der Waals surface area contributed by atoms with Crippen LogP contribution >= 0.6 is 0 Å². The molecule has 0 aromatic heterocycles. The minimum atomic E-state index is -1.01. The van der Waals surface area contributed by atoms with Gasteiger partial charge in [0, 0.05) is 0 Å². The van der Waals surface area contributed by atoms with Crippen molar-refractivity contribution in [3.63, 3.8) is 0 Å². The molecule has 5 nitrogen and oxygen atoms in total. The van der Waals surface area contributed by atoms with Crippen molar-refractivity contribution >= 4 is 5.97 Å². The summed E-state index contributed by atoms with van der Waals surface area (Å²) in [6.07, 6.45) is 0. The summed E-state index contributed by atoms with van der Waals surface area (Å²) in [5.74, 6) is 0.702. The first-order valence-corrected chi connectivity index (χ1v) is 8.50. The van der Waals surface area contributed by atoms with Gasteiger partial charge in [0.15, 0.2) is 11.5 Å². The summed E-state index contributed by atoms with van der Waals surface area (Å²) in [7, 11) is 1.52. The van der Waals surface area contributed by atoms with Gasteiger partial charge >= 0.3 is 5.97 Å². The summed E-state index contributed by atoms with van der Waals surface area (Å²) < 4.78 is 16.8. The third kappa shape index (κ3) is 4.91. The van der Waals surface area contributed by atoms with Crippen LogP contribution in [0.25, 0.3) is 0 Å². The van der Waals surface area contributed by atoms with Crippen LogP contribution in [0.5, 0.6) is 17.2 Å². The molecule has 140 valence electrons. The van der Waals surface area contributed by atoms with Crippen LogP contribution in [0.1, 0.15) is 42.3 Å². The van der Waals surface area contributed by atoms with Crippen molar-refractivity contribution < 1.29 is 24.1 Å². The Labute approximate surface area is 154 Å². The van der Waals surface area contributed by atoms with Crippen molar-refractivity contribution in [2.24, 2.45) is 0 Å². The highest BCUT2D eigenvalue weighted by molar-refractivity contribution is 5.88. The fourth-order valence-electron chi connectivity index (χ4n) is 2.59. The third-order valence-electron chi connectivity index (χ3n) is 3.95. The topological polar surface area (TPSA) is 65.0 Å². The zero-order valence-corrected chi connectivity index (χ0v) is 16.0. The van der Waals surface area contributed by atoms with Gasteiger partial charge in [-0.1, -0.05) is 32.9 Å². The number of hydrogen-bond acceptors (Lipinski definition) is 4. The number of rotatable bonds is 7. The average Bonchev–Trinajstić information content (AvgIpc) is 2.57. The van der Waals surface area contributed by atoms with Gasteiger partial charge in [-0.15, -0.1) is 0 Å². The number of aryl methyl sites for hydroxylation is 1. The second kappa shape index (κ2) is 8.13. The predicted molar refractivity (Wildman–Crippen MR) is 101 cm³/mol. The highest BCUT2D eigenvalue weighted by atomic mass is 16.5. The van der Waals surface area contributed by atoms with E-state index < -0.39 is 5.97 Å². The van der Waals surface area contributed by atoms with Crippen LogP contribution in [0.4, 0.5) is 0 Å².